The number of fused-ring (bicyclic) bond motifs is 1. The number of nitrogens with zero attached hydrogens (tertiary/aromatic N) is 3. The first-order chi connectivity index (χ1) is 14.6. The molecule has 7 nitrogen and oxygen atoms in total. The first-order valence-electron chi connectivity index (χ1n) is 10.8. The summed E-state index contributed by atoms with van der Waals surface area (Å²) in [5, 5.41) is 0.763. The van der Waals surface area contributed by atoms with Crippen LogP contribution in [0.15, 0.2) is 9.95 Å². The molecule has 1 amide bonds. The Hall–Kier alpha value is -1.39. The minimum absolute atomic E-state index is 0.0309. The molecule has 1 fully saturated rings. The minimum atomic E-state index is -3.07. The fraction of sp³-hybridized carbons (Fsp3) is 0.667. The van der Waals surface area contributed by atoms with E-state index in [-0.39, 0.29) is 29.0 Å². The topological polar surface area (TPSA) is 89.3 Å². The summed E-state index contributed by atoms with van der Waals surface area (Å²) in [5.74, 6) is 0.0577. The highest BCUT2D eigenvalue weighted by Gasteiger charge is 2.35. The zero-order valence-corrected chi connectivity index (χ0v) is 21.3. The Morgan fingerprint density at radius 2 is 2.06 bits per heavy atom. The third kappa shape index (κ3) is 5.01. The van der Waals surface area contributed by atoms with E-state index in [1.54, 1.807) is 9.47 Å². The van der Waals surface area contributed by atoms with E-state index in [0.29, 0.717) is 34.9 Å². The summed E-state index contributed by atoms with van der Waals surface area (Å²) in [7, 11) is -3.07. The predicted molar refractivity (Wildman–Crippen MR) is 128 cm³/mol. The molecular weight excluding hydrogens is 454 g/mol. The van der Waals surface area contributed by atoms with Gasteiger partial charge in [-0.3, -0.25) is 14.2 Å². The van der Waals surface area contributed by atoms with Crippen LogP contribution in [0.3, 0.4) is 0 Å². The van der Waals surface area contributed by atoms with Crippen LogP contribution in [0, 0.1) is 13.8 Å². The van der Waals surface area contributed by atoms with Gasteiger partial charge in [-0.05, 0) is 46.1 Å². The minimum Gasteiger partial charge on any atom is -0.338 e. The van der Waals surface area contributed by atoms with Crippen molar-refractivity contribution in [2.45, 2.75) is 76.9 Å². The van der Waals surface area contributed by atoms with Crippen LogP contribution in [0.4, 0.5) is 0 Å². The molecule has 31 heavy (non-hydrogen) atoms. The highest BCUT2D eigenvalue weighted by atomic mass is 32.2. The van der Waals surface area contributed by atoms with Gasteiger partial charge in [0.05, 0.1) is 22.1 Å². The summed E-state index contributed by atoms with van der Waals surface area (Å²) >= 11 is 2.80. The average molecular weight is 486 g/mol. The molecule has 2 atom stereocenters. The SMILES string of the molecule is CCCCn1c(S[C@H](C)C(=O)N(CC)[C@H]2CCS(=O)(=O)C2)nc2sc(C)c(C)c2c1=O. The van der Waals surface area contributed by atoms with E-state index in [9.17, 15) is 18.0 Å². The fourth-order valence-corrected chi connectivity index (χ4v) is 7.78. The zero-order valence-electron chi connectivity index (χ0n) is 18.8. The first-order valence-corrected chi connectivity index (χ1v) is 14.3. The maximum atomic E-state index is 13.3. The molecule has 0 aliphatic carbocycles. The van der Waals surface area contributed by atoms with Gasteiger partial charge in [-0.25, -0.2) is 13.4 Å². The number of hydrogen-bond donors (Lipinski definition) is 0. The van der Waals surface area contributed by atoms with E-state index in [0.717, 1.165) is 23.3 Å². The lowest BCUT2D eigenvalue weighted by Crippen LogP contribution is -2.44. The number of unbranched alkanes of at least 4 members (excludes halogenated alkanes) is 1. The molecule has 0 N–H and O–H groups in total. The van der Waals surface area contributed by atoms with Crippen molar-refractivity contribution in [1.82, 2.24) is 14.5 Å². The molecule has 1 aliphatic heterocycles. The number of amides is 1. The lowest BCUT2D eigenvalue weighted by atomic mass is 10.2. The van der Waals surface area contributed by atoms with Gasteiger partial charge in [0.25, 0.3) is 5.56 Å². The molecule has 10 heteroatoms. The number of sulfone groups is 1. The molecule has 0 radical (unpaired) electrons. The van der Waals surface area contributed by atoms with Crippen LogP contribution in [-0.2, 0) is 21.2 Å². The number of aromatic nitrogens is 2. The van der Waals surface area contributed by atoms with Crippen LogP contribution < -0.4 is 5.56 Å². The highest BCUT2D eigenvalue weighted by Crippen LogP contribution is 2.31. The predicted octanol–water partition coefficient (Wildman–Crippen LogP) is 3.39. The van der Waals surface area contributed by atoms with Crippen LogP contribution in [0.2, 0.25) is 0 Å². The maximum absolute atomic E-state index is 13.3. The van der Waals surface area contributed by atoms with Gasteiger partial charge in [0, 0.05) is 24.0 Å². The largest absolute Gasteiger partial charge is 0.338 e. The number of thiophene rings is 1. The van der Waals surface area contributed by atoms with Gasteiger partial charge in [-0.1, -0.05) is 25.1 Å². The smallest absolute Gasteiger partial charge is 0.263 e. The number of carbonyl (C=O) groups is 1. The highest BCUT2D eigenvalue weighted by molar-refractivity contribution is 8.00. The average Bonchev–Trinajstić information content (AvgIpc) is 3.20. The second kappa shape index (κ2) is 9.62. The lowest BCUT2D eigenvalue weighted by Gasteiger charge is -2.29. The molecule has 0 aromatic carbocycles. The number of aryl methyl sites for hydroxylation is 2. The molecule has 1 aliphatic rings. The third-order valence-electron chi connectivity index (χ3n) is 5.89. The molecule has 2 aromatic heterocycles. The zero-order chi connectivity index (χ0) is 22.9. The lowest BCUT2D eigenvalue weighted by molar-refractivity contribution is -0.131. The molecule has 2 aromatic rings. The van der Waals surface area contributed by atoms with Crippen molar-refractivity contribution in [3.63, 3.8) is 0 Å². The second-order valence-corrected chi connectivity index (χ2v) is 12.8. The normalized spacial score (nSPS) is 19.1. The first kappa shape index (κ1) is 24.3. The Labute approximate surface area is 192 Å². The molecular formula is C21H31N3O4S3. The summed E-state index contributed by atoms with van der Waals surface area (Å²) in [6, 6.07) is -0.272. The van der Waals surface area contributed by atoms with Crippen LogP contribution in [-0.4, -0.2) is 58.1 Å². The standard InChI is InChI=1S/C21H31N3O4S3/c1-6-8-10-24-20(26)17-13(3)14(4)29-18(17)22-21(24)30-15(5)19(25)23(7-2)16-9-11-31(27,28)12-16/h15-16H,6-12H2,1-5H3/t15-,16+/m1/s1. The summed E-state index contributed by atoms with van der Waals surface area (Å²) in [6.07, 6.45) is 2.29. The summed E-state index contributed by atoms with van der Waals surface area (Å²) in [6.45, 7) is 10.7. The van der Waals surface area contributed by atoms with Crippen molar-refractivity contribution in [2.24, 2.45) is 0 Å². The van der Waals surface area contributed by atoms with Gasteiger partial charge in [0.15, 0.2) is 15.0 Å². The van der Waals surface area contributed by atoms with Crippen molar-refractivity contribution >= 4 is 49.1 Å². The van der Waals surface area contributed by atoms with E-state index in [2.05, 4.69) is 6.92 Å². The van der Waals surface area contributed by atoms with Crippen molar-refractivity contribution in [3.05, 3.63) is 20.8 Å². The molecule has 3 heterocycles. The maximum Gasteiger partial charge on any atom is 0.263 e. The van der Waals surface area contributed by atoms with Gasteiger partial charge < -0.3 is 4.90 Å². The van der Waals surface area contributed by atoms with Crippen LogP contribution in [0.5, 0.6) is 0 Å². The third-order valence-corrected chi connectivity index (χ3v) is 9.82. The molecule has 0 saturated carbocycles. The Kier molecular flexibility index (Phi) is 7.53. The Morgan fingerprint density at radius 3 is 2.65 bits per heavy atom. The van der Waals surface area contributed by atoms with Crippen LogP contribution in [0.25, 0.3) is 10.2 Å². The monoisotopic (exact) mass is 485 g/mol. The van der Waals surface area contributed by atoms with Gasteiger partial charge in [0.2, 0.25) is 5.91 Å². The molecule has 172 valence electrons. The molecule has 1 saturated heterocycles. The van der Waals surface area contributed by atoms with Gasteiger partial charge in [-0.2, -0.15) is 0 Å². The Balaban J connectivity index is 1.92. The van der Waals surface area contributed by atoms with E-state index in [1.165, 1.54) is 23.1 Å². The van der Waals surface area contributed by atoms with Gasteiger partial charge >= 0.3 is 0 Å². The van der Waals surface area contributed by atoms with E-state index < -0.39 is 15.1 Å². The van der Waals surface area contributed by atoms with Crippen LogP contribution in [0.1, 0.15) is 50.5 Å². The molecule has 3 rings (SSSR count). The Bertz CT molecular complexity index is 1140. The fourth-order valence-electron chi connectivity index (χ4n) is 3.97. The molecule has 0 spiro atoms. The molecule has 0 bridgehead atoms. The number of hydrogen-bond acceptors (Lipinski definition) is 7. The van der Waals surface area contributed by atoms with Crippen molar-refractivity contribution in [3.8, 4) is 0 Å². The molecule has 0 unspecified atom stereocenters. The Morgan fingerprint density at radius 1 is 1.35 bits per heavy atom. The number of thioether (sulfide) groups is 1. The summed E-state index contributed by atoms with van der Waals surface area (Å²) < 4.78 is 25.5. The van der Waals surface area contributed by atoms with Gasteiger partial charge in [0.1, 0.15) is 4.83 Å². The van der Waals surface area contributed by atoms with Crippen molar-refractivity contribution in [1.29, 1.82) is 0 Å². The van der Waals surface area contributed by atoms with Crippen molar-refractivity contribution in [2.75, 3.05) is 18.1 Å². The number of rotatable bonds is 8. The number of carbonyl (C=O) groups excluding carboxylic acids is 1. The second-order valence-electron chi connectivity index (χ2n) is 8.11. The quantitative estimate of drug-likeness (QED) is 0.421. The van der Waals surface area contributed by atoms with Crippen LogP contribution >= 0.6 is 23.1 Å². The van der Waals surface area contributed by atoms with Crippen molar-refractivity contribution < 1.29 is 13.2 Å². The van der Waals surface area contributed by atoms with E-state index in [1.807, 2.05) is 27.7 Å². The van der Waals surface area contributed by atoms with Gasteiger partial charge in [-0.15, -0.1) is 11.3 Å². The summed E-state index contributed by atoms with van der Waals surface area (Å²) in [4.78, 5) is 34.7. The van der Waals surface area contributed by atoms with E-state index >= 15 is 0 Å². The summed E-state index contributed by atoms with van der Waals surface area (Å²) in [5.41, 5.74) is 0.930. The van der Waals surface area contributed by atoms with E-state index in [4.69, 9.17) is 4.98 Å².